The fourth-order valence-corrected chi connectivity index (χ4v) is 4.78. The smallest absolute Gasteiger partial charge is 0.410 e. The molecule has 3 heterocycles. The van der Waals surface area contributed by atoms with Gasteiger partial charge < -0.3 is 19.3 Å². The molecule has 35 heavy (non-hydrogen) atoms. The summed E-state index contributed by atoms with van der Waals surface area (Å²) in [4.78, 5) is 29.1. The van der Waals surface area contributed by atoms with Crippen LogP contribution in [-0.2, 0) is 11.3 Å². The summed E-state index contributed by atoms with van der Waals surface area (Å²) >= 11 is 0. The van der Waals surface area contributed by atoms with E-state index < -0.39 is 11.9 Å². The van der Waals surface area contributed by atoms with Crippen LogP contribution in [0.1, 0.15) is 28.4 Å². The first-order valence-electron chi connectivity index (χ1n) is 11.3. The molecule has 1 aromatic heterocycles. The number of H-pyrrole nitrogens is 1. The molecule has 2 aromatic carbocycles. The second-order valence-electron chi connectivity index (χ2n) is 8.70. The Morgan fingerprint density at radius 3 is 2.54 bits per heavy atom. The number of carbonyl (C=O) groups excluding carboxylic acids is 2. The van der Waals surface area contributed by atoms with Gasteiger partial charge in [0.15, 0.2) is 0 Å². The minimum absolute atomic E-state index is 0.0651. The number of aromatic amines is 1. The summed E-state index contributed by atoms with van der Waals surface area (Å²) in [6.45, 7) is 4.01. The van der Waals surface area contributed by atoms with Crippen LogP contribution in [0.15, 0.2) is 30.3 Å². The van der Waals surface area contributed by atoms with Crippen LogP contribution in [0.2, 0.25) is 0 Å². The van der Waals surface area contributed by atoms with Crippen LogP contribution >= 0.6 is 0 Å². The maximum Gasteiger partial charge on any atom is 0.410 e. The Kier molecular flexibility index (Phi) is 5.94. The molecular weight excluding hydrogens is 455 g/mol. The molecular formula is C24H23FN6O4. The van der Waals surface area contributed by atoms with Crippen molar-refractivity contribution in [2.45, 2.75) is 13.5 Å². The van der Waals surface area contributed by atoms with Gasteiger partial charge in [0.1, 0.15) is 35.3 Å². The molecule has 2 fully saturated rings. The highest BCUT2D eigenvalue weighted by molar-refractivity contribution is 5.97. The second-order valence-corrected chi connectivity index (χ2v) is 8.70. The van der Waals surface area contributed by atoms with E-state index in [4.69, 9.17) is 14.7 Å². The van der Waals surface area contributed by atoms with E-state index in [1.165, 1.54) is 6.07 Å². The number of fused-ring (bicyclic) bond motifs is 2. The molecule has 11 heteroatoms. The van der Waals surface area contributed by atoms with E-state index in [9.17, 15) is 14.0 Å². The van der Waals surface area contributed by atoms with Crippen LogP contribution in [0.5, 0.6) is 5.75 Å². The van der Waals surface area contributed by atoms with Gasteiger partial charge in [-0.15, -0.1) is 0 Å². The fourth-order valence-electron chi connectivity index (χ4n) is 4.78. The number of likely N-dealkylation sites (tertiary alicyclic amines) is 2. The average Bonchev–Trinajstić information content (AvgIpc) is 3.57. The number of ether oxygens (including phenoxy) is 2. The van der Waals surface area contributed by atoms with Gasteiger partial charge in [0.2, 0.25) is 0 Å². The highest BCUT2D eigenvalue weighted by Crippen LogP contribution is 2.33. The molecule has 0 spiro atoms. The molecule has 10 nitrogen and oxygen atoms in total. The van der Waals surface area contributed by atoms with Gasteiger partial charge in [-0.1, -0.05) is 0 Å². The summed E-state index contributed by atoms with van der Waals surface area (Å²) in [5.41, 5.74) is 2.13. The number of rotatable bonds is 5. The van der Waals surface area contributed by atoms with Crippen molar-refractivity contribution in [2.75, 3.05) is 32.8 Å². The zero-order valence-electron chi connectivity index (χ0n) is 19.0. The van der Waals surface area contributed by atoms with E-state index in [0.717, 1.165) is 6.07 Å². The van der Waals surface area contributed by atoms with Crippen LogP contribution in [0.4, 0.5) is 9.18 Å². The Bertz CT molecular complexity index is 1320. The fraction of sp³-hybridized carbons (Fsp3) is 0.375. The third-order valence-electron chi connectivity index (χ3n) is 6.52. The van der Waals surface area contributed by atoms with Crippen LogP contribution in [0.25, 0.3) is 11.0 Å². The number of hydrogen-bond donors (Lipinski definition) is 1. The Morgan fingerprint density at radius 1 is 1.11 bits per heavy atom. The number of nitrogens with zero attached hydrogens (tertiary/aromatic N) is 5. The molecule has 2 aliphatic rings. The minimum atomic E-state index is -0.690. The SMILES string of the molecule is CCOc1cc(C#N)c(F)cc1COC(=O)N1CC2CN(C(=O)c3ccc4n[nH]nc4c3)C[C@H]2C1. The lowest BCUT2D eigenvalue weighted by Gasteiger charge is -2.22. The van der Waals surface area contributed by atoms with Crippen LogP contribution in [0.3, 0.4) is 0 Å². The van der Waals surface area contributed by atoms with Crippen LogP contribution in [-0.4, -0.2) is 70.0 Å². The predicted molar refractivity (Wildman–Crippen MR) is 121 cm³/mol. The number of hydrogen-bond acceptors (Lipinski definition) is 7. The van der Waals surface area contributed by atoms with Gasteiger partial charge in [0.05, 0.1) is 12.2 Å². The van der Waals surface area contributed by atoms with Gasteiger partial charge in [-0.3, -0.25) is 4.79 Å². The van der Waals surface area contributed by atoms with Gasteiger partial charge in [-0.25, -0.2) is 9.18 Å². The van der Waals surface area contributed by atoms with Gasteiger partial charge in [-0.05, 0) is 31.2 Å². The van der Waals surface area contributed by atoms with Crippen LogP contribution < -0.4 is 4.74 Å². The monoisotopic (exact) mass is 478 g/mol. The molecule has 0 saturated carbocycles. The zero-order chi connectivity index (χ0) is 24.5. The minimum Gasteiger partial charge on any atom is -0.493 e. The number of aromatic nitrogens is 3. The summed E-state index contributed by atoms with van der Waals surface area (Å²) in [6, 6.07) is 9.48. The van der Waals surface area contributed by atoms with Crippen molar-refractivity contribution in [3.8, 4) is 11.8 Å². The summed E-state index contributed by atoms with van der Waals surface area (Å²) in [5.74, 6) is -0.119. The summed E-state index contributed by atoms with van der Waals surface area (Å²) in [7, 11) is 0. The molecule has 2 saturated heterocycles. The Balaban J connectivity index is 1.17. The first kappa shape index (κ1) is 22.6. The molecule has 2 amide bonds. The van der Waals surface area contributed by atoms with E-state index in [0.29, 0.717) is 60.7 Å². The average molecular weight is 478 g/mol. The Morgan fingerprint density at radius 2 is 1.83 bits per heavy atom. The third-order valence-corrected chi connectivity index (χ3v) is 6.52. The number of nitrogens with one attached hydrogen (secondary N) is 1. The number of halogens is 1. The van der Waals surface area contributed by atoms with Crippen molar-refractivity contribution in [1.82, 2.24) is 25.2 Å². The highest BCUT2D eigenvalue weighted by Gasteiger charge is 2.43. The summed E-state index contributed by atoms with van der Waals surface area (Å²) in [5, 5.41) is 19.6. The number of amides is 2. The highest BCUT2D eigenvalue weighted by atomic mass is 19.1. The molecule has 3 aromatic rings. The van der Waals surface area contributed by atoms with Crippen molar-refractivity contribution in [3.63, 3.8) is 0 Å². The topological polar surface area (TPSA) is 124 Å². The van der Waals surface area contributed by atoms with Crippen molar-refractivity contribution >= 4 is 23.0 Å². The lowest BCUT2D eigenvalue weighted by atomic mass is 10.0. The van der Waals surface area contributed by atoms with Crippen molar-refractivity contribution in [1.29, 1.82) is 5.26 Å². The lowest BCUT2D eigenvalue weighted by Crippen LogP contribution is -2.35. The van der Waals surface area contributed by atoms with Crippen LogP contribution in [0, 0.1) is 29.0 Å². The molecule has 0 radical (unpaired) electrons. The third kappa shape index (κ3) is 4.35. The Hall–Kier alpha value is -4.20. The van der Waals surface area contributed by atoms with Crippen molar-refractivity contribution in [2.24, 2.45) is 11.8 Å². The normalized spacial score (nSPS) is 19.0. The Labute approximate surface area is 200 Å². The predicted octanol–water partition coefficient (Wildman–Crippen LogP) is 2.71. The van der Waals surface area contributed by atoms with E-state index >= 15 is 0 Å². The van der Waals surface area contributed by atoms with Crippen molar-refractivity contribution in [3.05, 3.63) is 52.8 Å². The second kappa shape index (κ2) is 9.21. The molecule has 1 N–H and O–H groups in total. The van der Waals surface area contributed by atoms with E-state index in [-0.39, 0.29) is 29.9 Å². The van der Waals surface area contributed by atoms with Gasteiger partial charge in [0.25, 0.3) is 5.91 Å². The van der Waals surface area contributed by atoms with Gasteiger partial charge in [0, 0.05) is 55.2 Å². The van der Waals surface area contributed by atoms with E-state index in [1.54, 1.807) is 36.1 Å². The summed E-state index contributed by atoms with van der Waals surface area (Å²) < 4.78 is 25.0. The molecule has 0 aliphatic carbocycles. The van der Waals surface area contributed by atoms with E-state index in [1.807, 2.05) is 4.90 Å². The number of carbonyl (C=O) groups is 2. The maximum absolute atomic E-state index is 14.1. The van der Waals surface area contributed by atoms with Crippen molar-refractivity contribution < 1.29 is 23.5 Å². The zero-order valence-corrected chi connectivity index (χ0v) is 19.0. The van der Waals surface area contributed by atoms with Gasteiger partial charge >= 0.3 is 6.09 Å². The molecule has 1 unspecified atom stereocenters. The molecule has 2 aliphatic heterocycles. The number of benzene rings is 2. The van der Waals surface area contributed by atoms with E-state index in [2.05, 4.69) is 15.4 Å². The quantitative estimate of drug-likeness (QED) is 0.598. The maximum atomic E-state index is 14.1. The number of nitriles is 1. The summed E-state index contributed by atoms with van der Waals surface area (Å²) in [6.07, 6.45) is -0.499. The lowest BCUT2D eigenvalue weighted by molar-refractivity contribution is 0.0764. The molecule has 2 atom stereocenters. The molecule has 5 rings (SSSR count). The molecule has 180 valence electrons. The largest absolute Gasteiger partial charge is 0.493 e. The first-order chi connectivity index (χ1) is 17.0. The molecule has 0 bridgehead atoms. The standard InChI is InChI=1S/C24H23FN6O4/c1-2-34-22-7-15(8-26)19(25)5-16(22)13-35-24(33)31-11-17-9-30(10-18(17)12-31)23(32)14-3-4-20-21(6-14)28-29-27-20/h3-7,17-18H,2,9-13H2,1H3,(H,27,28,29)/t17-,18?/m0/s1. The van der Waals surface area contributed by atoms with Gasteiger partial charge in [-0.2, -0.15) is 20.7 Å². The first-order valence-corrected chi connectivity index (χ1v) is 11.3.